The van der Waals surface area contributed by atoms with Crippen LogP contribution in [0.3, 0.4) is 0 Å². The third kappa shape index (κ3) is 1.94. The fraction of sp³-hybridized carbons (Fsp3) is 1.00. The zero-order chi connectivity index (χ0) is 8.48. The monoisotopic (exact) mass is 157 g/mol. The van der Waals surface area contributed by atoms with Crippen LogP contribution in [0.4, 0.5) is 0 Å². The van der Waals surface area contributed by atoms with Gasteiger partial charge >= 0.3 is 0 Å². The summed E-state index contributed by atoms with van der Waals surface area (Å²) in [4.78, 5) is 0. The number of hydrogen-bond donors (Lipinski definition) is 1. The van der Waals surface area contributed by atoms with E-state index in [-0.39, 0.29) is 5.41 Å². The van der Waals surface area contributed by atoms with Crippen molar-refractivity contribution in [2.75, 3.05) is 13.2 Å². The van der Waals surface area contributed by atoms with Gasteiger partial charge in [0.15, 0.2) is 0 Å². The molecule has 0 aromatic heterocycles. The molecule has 0 saturated carbocycles. The molecule has 1 heterocycles. The molecule has 0 aromatic rings. The van der Waals surface area contributed by atoms with Crippen LogP contribution in [0.15, 0.2) is 0 Å². The summed E-state index contributed by atoms with van der Waals surface area (Å²) in [5.41, 5.74) is 5.89. The molecule has 2 nitrogen and oxygen atoms in total. The van der Waals surface area contributed by atoms with E-state index >= 15 is 0 Å². The lowest BCUT2D eigenvalue weighted by atomic mass is 9.81. The highest BCUT2D eigenvalue weighted by Gasteiger charge is 2.36. The van der Waals surface area contributed by atoms with Crippen molar-refractivity contribution >= 4 is 0 Å². The van der Waals surface area contributed by atoms with Crippen molar-refractivity contribution in [1.82, 2.24) is 0 Å². The molecule has 0 spiro atoms. The van der Waals surface area contributed by atoms with Gasteiger partial charge in [-0.3, -0.25) is 0 Å². The van der Waals surface area contributed by atoms with Gasteiger partial charge in [-0.15, -0.1) is 0 Å². The van der Waals surface area contributed by atoms with Crippen molar-refractivity contribution in [1.29, 1.82) is 0 Å². The molecule has 1 aliphatic rings. The molecule has 0 aliphatic carbocycles. The Morgan fingerprint density at radius 1 is 1.45 bits per heavy atom. The van der Waals surface area contributed by atoms with Crippen LogP contribution in [0.5, 0.6) is 0 Å². The first-order valence-corrected chi connectivity index (χ1v) is 4.37. The minimum Gasteiger partial charge on any atom is -0.377 e. The zero-order valence-corrected chi connectivity index (χ0v) is 7.76. The average molecular weight is 157 g/mol. The SMILES string of the molecule is CC(C)(C)[C@@H]1OCC[C@@H]1CN. The molecule has 11 heavy (non-hydrogen) atoms. The van der Waals surface area contributed by atoms with E-state index in [2.05, 4.69) is 20.8 Å². The van der Waals surface area contributed by atoms with Gasteiger partial charge in [-0.05, 0) is 18.4 Å². The second-order valence-electron chi connectivity index (χ2n) is 4.44. The summed E-state index contributed by atoms with van der Waals surface area (Å²) in [6.07, 6.45) is 1.51. The number of ether oxygens (including phenoxy) is 1. The van der Waals surface area contributed by atoms with E-state index < -0.39 is 0 Å². The van der Waals surface area contributed by atoms with E-state index in [1.54, 1.807) is 0 Å². The molecule has 0 unspecified atom stereocenters. The maximum Gasteiger partial charge on any atom is 0.0664 e. The van der Waals surface area contributed by atoms with Gasteiger partial charge in [0, 0.05) is 12.5 Å². The second kappa shape index (κ2) is 3.11. The summed E-state index contributed by atoms with van der Waals surface area (Å²) in [6.45, 7) is 8.30. The van der Waals surface area contributed by atoms with Gasteiger partial charge in [0.25, 0.3) is 0 Å². The van der Waals surface area contributed by atoms with Crippen LogP contribution in [0.2, 0.25) is 0 Å². The highest BCUT2D eigenvalue weighted by molar-refractivity contribution is 4.85. The third-order valence-corrected chi connectivity index (χ3v) is 2.37. The van der Waals surface area contributed by atoms with Crippen LogP contribution in [-0.4, -0.2) is 19.3 Å². The minimum absolute atomic E-state index is 0.251. The molecular formula is C9H19NO. The van der Waals surface area contributed by atoms with E-state index in [0.717, 1.165) is 19.6 Å². The van der Waals surface area contributed by atoms with E-state index in [1.165, 1.54) is 0 Å². The smallest absolute Gasteiger partial charge is 0.0664 e. The first kappa shape index (κ1) is 9.01. The van der Waals surface area contributed by atoms with E-state index in [4.69, 9.17) is 10.5 Å². The normalized spacial score (nSPS) is 32.7. The summed E-state index contributed by atoms with van der Waals surface area (Å²) >= 11 is 0. The van der Waals surface area contributed by atoms with E-state index in [9.17, 15) is 0 Å². The van der Waals surface area contributed by atoms with Crippen LogP contribution in [0, 0.1) is 11.3 Å². The highest BCUT2D eigenvalue weighted by atomic mass is 16.5. The fourth-order valence-electron chi connectivity index (χ4n) is 1.83. The van der Waals surface area contributed by atoms with Gasteiger partial charge in [-0.25, -0.2) is 0 Å². The van der Waals surface area contributed by atoms with Crippen LogP contribution >= 0.6 is 0 Å². The number of nitrogens with two attached hydrogens (primary N) is 1. The molecule has 0 amide bonds. The van der Waals surface area contributed by atoms with Crippen molar-refractivity contribution in [3.63, 3.8) is 0 Å². The molecule has 0 aromatic carbocycles. The maximum absolute atomic E-state index is 5.64. The van der Waals surface area contributed by atoms with Gasteiger partial charge < -0.3 is 10.5 Å². The highest BCUT2D eigenvalue weighted by Crippen LogP contribution is 2.33. The molecule has 1 fully saturated rings. The van der Waals surface area contributed by atoms with Gasteiger partial charge in [-0.2, -0.15) is 0 Å². The Balaban J connectivity index is 2.57. The molecule has 0 radical (unpaired) electrons. The largest absolute Gasteiger partial charge is 0.377 e. The molecular weight excluding hydrogens is 138 g/mol. The Morgan fingerprint density at radius 3 is 2.45 bits per heavy atom. The van der Waals surface area contributed by atoms with Crippen LogP contribution in [-0.2, 0) is 4.74 Å². The van der Waals surface area contributed by atoms with Crippen molar-refractivity contribution in [3.05, 3.63) is 0 Å². The molecule has 0 bridgehead atoms. The molecule has 1 saturated heterocycles. The molecule has 1 rings (SSSR count). The Morgan fingerprint density at radius 2 is 2.09 bits per heavy atom. The number of rotatable bonds is 1. The van der Waals surface area contributed by atoms with Crippen molar-refractivity contribution in [2.45, 2.75) is 33.3 Å². The third-order valence-electron chi connectivity index (χ3n) is 2.37. The lowest BCUT2D eigenvalue weighted by Crippen LogP contribution is -2.35. The maximum atomic E-state index is 5.64. The number of hydrogen-bond acceptors (Lipinski definition) is 2. The standard InChI is InChI=1S/C9H19NO/c1-9(2,3)8-7(6-10)4-5-11-8/h7-8H,4-6,10H2,1-3H3/t7-,8-/m1/s1. The van der Waals surface area contributed by atoms with E-state index in [1.807, 2.05) is 0 Å². The van der Waals surface area contributed by atoms with Gasteiger partial charge in [0.2, 0.25) is 0 Å². The topological polar surface area (TPSA) is 35.2 Å². The van der Waals surface area contributed by atoms with E-state index in [0.29, 0.717) is 12.0 Å². The molecule has 2 N–H and O–H groups in total. The first-order valence-electron chi connectivity index (χ1n) is 4.37. The van der Waals surface area contributed by atoms with Gasteiger partial charge in [-0.1, -0.05) is 20.8 Å². The first-order chi connectivity index (χ1) is 5.05. The van der Waals surface area contributed by atoms with Gasteiger partial charge in [0.1, 0.15) is 0 Å². The Hall–Kier alpha value is -0.0800. The molecule has 66 valence electrons. The summed E-state index contributed by atoms with van der Waals surface area (Å²) < 4.78 is 5.64. The predicted molar refractivity (Wildman–Crippen MR) is 46.4 cm³/mol. The Kier molecular flexibility index (Phi) is 2.55. The lowest BCUT2D eigenvalue weighted by molar-refractivity contribution is 0.00882. The predicted octanol–water partition coefficient (Wildman–Crippen LogP) is 1.40. The Bertz CT molecular complexity index is 128. The van der Waals surface area contributed by atoms with Crippen molar-refractivity contribution in [3.8, 4) is 0 Å². The van der Waals surface area contributed by atoms with Crippen LogP contribution in [0.25, 0.3) is 0 Å². The minimum atomic E-state index is 0.251. The quantitative estimate of drug-likeness (QED) is 0.624. The molecule has 2 atom stereocenters. The second-order valence-corrected chi connectivity index (χ2v) is 4.44. The van der Waals surface area contributed by atoms with Gasteiger partial charge in [0.05, 0.1) is 6.10 Å². The van der Waals surface area contributed by atoms with Crippen molar-refractivity contribution in [2.24, 2.45) is 17.1 Å². The summed E-state index contributed by atoms with van der Waals surface area (Å²) in [5, 5.41) is 0. The molecule has 2 heteroatoms. The van der Waals surface area contributed by atoms with Crippen molar-refractivity contribution < 1.29 is 4.74 Å². The summed E-state index contributed by atoms with van der Waals surface area (Å²) in [7, 11) is 0. The lowest BCUT2D eigenvalue weighted by Gasteiger charge is -2.30. The summed E-state index contributed by atoms with van der Waals surface area (Å²) in [5.74, 6) is 0.579. The zero-order valence-electron chi connectivity index (χ0n) is 7.76. The Labute approximate surface area is 69.1 Å². The summed E-state index contributed by atoms with van der Waals surface area (Å²) in [6, 6.07) is 0. The van der Waals surface area contributed by atoms with Crippen LogP contribution in [0.1, 0.15) is 27.2 Å². The average Bonchev–Trinajstić information content (AvgIpc) is 2.31. The molecule has 1 aliphatic heterocycles. The fourth-order valence-corrected chi connectivity index (χ4v) is 1.83. The van der Waals surface area contributed by atoms with Crippen LogP contribution < -0.4 is 5.73 Å².